The highest BCUT2D eigenvalue weighted by Crippen LogP contribution is 2.31. The first kappa shape index (κ1) is 15.6. The van der Waals surface area contributed by atoms with Gasteiger partial charge in [-0.2, -0.15) is 0 Å². The highest BCUT2D eigenvalue weighted by Gasteiger charge is 2.40. The molecule has 3 atom stereocenters. The Labute approximate surface area is 142 Å². The minimum absolute atomic E-state index is 0.193. The summed E-state index contributed by atoms with van der Waals surface area (Å²) in [6.45, 7) is 4.65. The Morgan fingerprint density at radius 1 is 0.958 bits per heavy atom. The molecule has 2 fully saturated rings. The Balaban J connectivity index is 1.44. The van der Waals surface area contributed by atoms with Crippen LogP contribution in [-0.2, 0) is 11.3 Å². The summed E-state index contributed by atoms with van der Waals surface area (Å²) in [5, 5.41) is 3.62. The standard InChI is InChI=1S/C20H23FN2O/c21-18-6-8-19(9-7-18)22-20-16-11-23(12-17(20)14-24-13-16)10-15-4-2-1-3-5-15/h1-9,16-17,20,22H,10-14H2/t16-,17+,20?. The third kappa shape index (κ3) is 3.45. The van der Waals surface area contributed by atoms with E-state index < -0.39 is 0 Å². The Bertz CT molecular complexity index is 647. The molecule has 2 aromatic rings. The Morgan fingerprint density at radius 3 is 2.29 bits per heavy atom. The fourth-order valence-electron chi connectivity index (χ4n) is 3.98. The van der Waals surface area contributed by atoms with Crippen molar-refractivity contribution >= 4 is 5.69 Å². The maximum atomic E-state index is 13.1. The fourth-order valence-corrected chi connectivity index (χ4v) is 3.98. The zero-order valence-electron chi connectivity index (χ0n) is 13.7. The molecular weight excluding hydrogens is 303 g/mol. The van der Waals surface area contributed by atoms with Crippen LogP contribution in [0, 0.1) is 17.7 Å². The van der Waals surface area contributed by atoms with E-state index in [1.54, 1.807) is 0 Å². The second kappa shape index (κ2) is 6.91. The second-order valence-corrected chi connectivity index (χ2v) is 6.91. The molecule has 2 aromatic carbocycles. The summed E-state index contributed by atoms with van der Waals surface area (Å²) < 4.78 is 18.9. The van der Waals surface area contributed by atoms with E-state index in [1.807, 2.05) is 12.1 Å². The van der Waals surface area contributed by atoms with Crippen LogP contribution < -0.4 is 5.32 Å². The van der Waals surface area contributed by atoms with Crippen LogP contribution in [0.4, 0.5) is 10.1 Å². The molecular formula is C20H23FN2O. The number of nitrogens with zero attached hydrogens (tertiary/aromatic N) is 1. The number of hydrogen-bond donors (Lipinski definition) is 1. The van der Waals surface area contributed by atoms with Gasteiger partial charge < -0.3 is 10.1 Å². The molecule has 2 saturated heterocycles. The van der Waals surface area contributed by atoms with Gasteiger partial charge >= 0.3 is 0 Å². The van der Waals surface area contributed by atoms with Crippen molar-refractivity contribution in [1.82, 2.24) is 4.90 Å². The summed E-state index contributed by atoms with van der Waals surface area (Å²) in [6, 6.07) is 17.7. The summed E-state index contributed by atoms with van der Waals surface area (Å²) in [6.07, 6.45) is 0. The van der Waals surface area contributed by atoms with Crippen molar-refractivity contribution in [3.63, 3.8) is 0 Å². The number of ether oxygens (including phenoxy) is 1. The van der Waals surface area contributed by atoms with Crippen LogP contribution in [0.5, 0.6) is 0 Å². The van der Waals surface area contributed by atoms with Gasteiger partial charge in [-0.1, -0.05) is 30.3 Å². The van der Waals surface area contributed by atoms with Crippen LogP contribution in [-0.4, -0.2) is 37.2 Å². The quantitative estimate of drug-likeness (QED) is 0.932. The predicted octanol–water partition coefficient (Wildman–Crippen LogP) is 3.38. The molecule has 0 radical (unpaired) electrons. The molecule has 0 aromatic heterocycles. The maximum Gasteiger partial charge on any atom is 0.123 e. The molecule has 4 heteroatoms. The van der Waals surface area contributed by atoms with Crippen LogP contribution in [0.15, 0.2) is 54.6 Å². The maximum absolute atomic E-state index is 13.1. The Hall–Kier alpha value is -1.91. The largest absolute Gasteiger partial charge is 0.381 e. The lowest BCUT2D eigenvalue weighted by atomic mass is 9.82. The van der Waals surface area contributed by atoms with E-state index in [0.717, 1.165) is 38.5 Å². The van der Waals surface area contributed by atoms with E-state index in [1.165, 1.54) is 17.7 Å². The zero-order chi connectivity index (χ0) is 16.4. The van der Waals surface area contributed by atoms with Gasteiger partial charge in [0.2, 0.25) is 0 Å². The second-order valence-electron chi connectivity index (χ2n) is 6.91. The van der Waals surface area contributed by atoms with Crippen molar-refractivity contribution in [1.29, 1.82) is 0 Å². The number of hydrogen-bond acceptors (Lipinski definition) is 3. The number of halogens is 1. The third-order valence-corrected chi connectivity index (χ3v) is 5.09. The monoisotopic (exact) mass is 326 g/mol. The molecule has 0 spiro atoms. The molecule has 1 unspecified atom stereocenters. The first-order valence-corrected chi connectivity index (χ1v) is 8.64. The van der Waals surface area contributed by atoms with E-state index in [9.17, 15) is 4.39 Å². The van der Waals surface area contributed by atoms with Gasteiger partial charge in [0.05, 0.1) is 13.2 Å². The number of anilines is 1. The van der Waals surface area contributed by atoms with Crippen molar-refractivity contribution in [2.75, 3.05) is 31.6 Å². The van der Waals surface area contributed by atoms with E-state index in [0.29, 0.717) is 17.9 Å². The minimum Gasteiger partial charge on any atom is -0.381 e. The van der Waals surface area contributed by atoms with Crippen LogP contribution in [0.25, 0.3) is 0 Å². The number of likely N-dealkylation sites (tertiary alicyclic amines) is 1. The molecule has 0 aliphatic carbocycles. The van der Waals surface area contributed by atoms with Crippen LogP contribution in [0.3, 0.4) is 0 Å². The van der Waals surface area contributed by atoms with Crippen molar-refractivity contribution in [2.45, 2.75) is 12.6 Å². The average Bonchev–Trinajstić information content (AvgIpc) is 2.58. The normalized spacial score (nSPS) is 27.0. The van der Waals surface area contributed by atoms with Gasteiger partial charge in [0.15, 0.2) is 0 Å². The van der Waals surface area contributed by atoms with Crippen LogP contribution in [0.1, 0.15) is 5.56 Å². The third-order valence-electron chi connectivity index (χ3n) is 5.09. The first-order chi connectivity index (χ1) is 11.8. The molecule has 0 amide bonds. The van der Waals surface area contributed by atoms with Gasteiger partial charge in [-0.15, -0.1) is 0 Å². The molecule has 1 N–H and O–H groups in total. The Kier molecular flexibility index (Phi) is 4.50. The highest BCUT2D eigenvalue weighted by atomic mass is 19.1. The molecule has 4 rings (SSSR count). The number of nitrogens with one attached hydrogen (secondary N) is 1. The number of fused-ring (bicyclic) bond motifs is 2. The van der Waals surface area contributed by atoms with Gasteiger partial charge in [-0.05, 0) is 29.8 Å². The lowest BCUT2D eigenvalue weighted by molar-refractivity contribution is -0.0512. The number of benzene rings is 2. The SMILES string of the molecule is Fc1ccc(NC2[C@@H]3COC[C@H]2CN(Cc2ccccc2)C3)cc1. The topological polar surface area (TPSA) is 24.5 Å². The van der Waals surface area contributed by atoms with Crippen LogP contribution >= 0.6 is 0 Å². The molecule has 3 nitrogen and oxygen atoms in total. The Morgan fingerprint density at radius 2 is 1.62 bits per heavy atom. The summed E-state index contributed by atoms with van der Waals surface area (Å²) >= 11 is 0. The number of rotatable bonds is 4. The van der Waals surface area contributed by atoms with Gasteiger partial charge in [0.25, 0.3) is 0 Å². The van der Waals surface area contributed by atoms with Gasteiger partial charge in [0, 0.05) is 43.2 Å². The first-order valence-electron chi connectivity index (χ1n) is 8.64. The summed E-state index contributed by atoms with van der Waals surface area (Å²) in [4.78, 5) is 2.54. The molecule has 2 aliphatic rings. The lowest BCUT2D eigenvalue weighted by Crippen LogP contribution is -2.57. The lowest BCUT2D eigenvalue weighted by Gasteiger charge is -2.47. The molecule has 2 heterocycles. The van der Waals surface area contributed by atoms with Gasteiger partial charge in [-0.25, -0.2) is 4.39 Å². The van der Waals surface area contributed by atoms with E-state index in [-0.39, 0.29) is 5.82 Å². The summed E-state index contributed by atoms with van der Waals surface area (Å²) in [5.74, 6) is 0.735. The number of piperidine rings is 1. The summed E-state index contributed by atoms with van der Waals surface area (Å²) in [7, 11) is 0. The zero-order valence-corrected chi connectivity index (χ0v) is 13.7. The minimum atomic E-state index is -0.193. The van der Waals surface area contributed by atoms with E-state index in [4.69, 9.17) is 4.74 Å². The van der Waals surface area contributed by atoms with Crippen LogP contribution in [0.2, 0.25) is 0 Å². The summed E-state index contributed by atoms with van der Waals surface area (Å²) in [5.41, 5.74) is 2.36. The fraction of sp³-hybridized carbons (Fsp3) is 0.400. The van der Waals surface area contributed by atoms with Gasteiger partial charge in [0.1, 0.15) is 5.82 Å². The predicted molar refractivity (Wildman–Crippen MR) is 93.3 cm³/mol. The van der Waals surface area contributed by atoms with E-state index in [2.05, 4.69) is 40.5 Å². The highest BCUT2D eigenvalue weighted by molar-refractivity contribution is 5.44. The van der Waals surface area contributed by atoms with Crippen molar-refractivity contribution < 1.29 is 9.13 Å². The molecule has 2 bridgehead atoms. The smallest absolute Gasteiger partial charge is 0.123 e. The van der Waals surface area contributed by atoms with Crippen molar-refractivity contribution in [2.24, 2.45) is 11.8 Å². The van der Waals surface area contributed by atoms with Gasteiger partial charge in [-0.3, -0.25) is 4.90 Å². The molecule has 0 saturated carbocycles. The van der Waals surface area contributed by atoms with Crippen molar-refractivity contribution in [3.05, 3.63) is 66.0 Å². The van der Waals surface area contributed by atoms with E-state index >= 15 is 0 Å². The molecule has 126 valence electrons. The molecule has 24 heavy (non-hydrogen) atoms. The molecule has 2 aliphatic heterocycles. The average molecular weight is 326 g/mol. The van der Waals surface area contributed by atoms with Crippen molar-refractivity contribution in [3.8, 4) is 0 Å².